The van der Waals surface area contributed by atoms with E-state index in [-0.39, 0.29) is 11.5 Å². The topological polar surface area (TPSA) is 40.5 Å². The number of aromatic nitrogens is 1. The van der Waals surface area contributed by atoms with Gasteiger partial charge < -0.3 is 14.0 Å². The summed E-state index contributed by atoms with van der Waals surface area (Å²) in [4.78, 5) is 12.2. The van der Waals surface area contributed by atoms with E-state index in [0.29, 0.717) is 5.56 Å². The Labute approximate surface area is 124 Å². The van der Waals surface area contributed by atoms with Crippen molar-refractivity contribution in [3.8, 4) is 17.0 Å². The molecule has 2 aromatic rings. The number of carbonyl (C=O) groups excluding carboxylic acids is 1. The molecule has 21 heavy (non-hydrogen) atoms. The average molecular weight is 285 g/mol. The molecule has 1 aromatic heterocycles. The van der Waals surface area contributed by atoms with Crippen molar-refractivity contribution in [2.45, 2.75) is 6.92 Å². The van der Waals surface area contributed by atoms with Gasteiger partial charge in [-0.05, 0) is 42.8 Å². The standard InChI is InChI=1S/C17H19NO3/c1-11-15(17(19)12(2)20-4)10-16(18(11)3)13-6-8-14(21-5)9-7-13/h6-10H,2H2,1,3-5H3. The van der Waals surface area contributed by atoms with Crippen LogP contribution in [0.15, 0.2) is 42.7 Å². The SMILES string of the molecule is C=C(OC)C(=O)c1cc(-c2ccc(OC)cc2)n(C)c1C. The predicted molar refractivity (Wildman–Crippen MR) is 82.6 cm³/mol. The largest absolute Gasteiger partial charge is 0.497 e. The van der Waals surface area contributed by atoms with Gasteiger partial charge in [0.1, 0.15) is 5.75 Å². The van der Waals surface area contributed by atoms with Gasteiger partial charge in [-0.3, -0.25) is 4.79 Å². The molecule has 0 aliphatic carbocycles. The van der Waals surface area contributed by atoms with E-state index in [9.17, 15) is 4.79 Å². The van der Waals surface area contributed by atoms with Crippen LogP contribution in [-0.2, 0) is 11.8 Å². The average Bonchev–Trinajstić information content (AvgIpc) is 2.82. The second-order valence-corrected chi connectivity index (χ2v) is 4.77. The smallest absolute Gasteiger partial charge is 0.228 e. The highest BCUT2D eigenvalue weighted by molar-refractivity contribution is 6.08. The van der Waals surface area contributed by atoms with Crippen LogP contribution in [0.4, 0.5) is 0 Å². The van der Waals surface area contributed by atoms with Gasteiger partial charge in [0.25, 0.3) is 0 Å². The van der Waals surface area contributed by atoms with E-state index < -0.39 is 0 Å². The number of nitrogens with zero attached hydrogens (tertiary/aromatic N) is 1. The first-order valence-corrected chi connectivity index (χ1v) is 6.58. The van der Waals surface area contributed by atoms with Crippen LogP contribution in [0.3, 0.4) is 0 Å². The molecule has 0 saturated heterocycles. The first-order valence-electron chi connectivity index (χ1n) is 6.58. The minimum absolute atomic E-state index is 0.144. The highest BCUT2D eigenvalue weighted by Crippen LogP contribution is 2.27. The first kappa shape index (κ1) is 14.9. The van der Waals surface area contributed by atoms with Crippen molar-refractivity contribution in [2.75, 3.05) is 14.2 Å². The molecule has 1 aromatic carbocycles. The molecule has 0 aliphatic heterocycles. The van der Waals surface area contributed by atoms with Crippen LogP contribution in [0.5, 0.6) is 5.75 Å². The van der Waals surface area contributed by atoms with E-state index >= 15 is 0 Å². The predicted octanol–water partition coefficient (Wildman–Crippen LogP) is 3.35. The maximum absolute atomic E-state index is 12.2. The molecule has 0 radical (unpaired) electrons. The zero-order valence-electron chi connectivity index (χ0n) is 12.8. The number of allylic oxidation sites excluding steroid dienone is 1. The quantitative estimate of drug-likeness (QED) is 0.480. The molecule has 0 aliphatic rings. The zero-order valence-corrected chi connectivity index (χ0v) is 12.8. The van der Waals surface area contributed by atoms with Gasteiger partial charge in [-0.15, -0.1) is 0 Å². The van der Waals surface area contributed by atoms with E-state index in [2.05, 4.69) is 6.58 Å². The number of benzene rings is 1. The fourth-order valence-electron chi connectivity index (χ4n) is 2.21. The Hall–Kier alpha value is -2.49. The second kappa shape index (κ2) is 5.87. The molecule has 110 valence electrons. The summed E-state index contributed by atoms with van der Waals surface area (Å²) in [6.07, 6.45) is 0. The van der Waals surface area contributed by atoms with Gasteiger partial charge in [0, 0.05) is 24.0 Å². The minimum Gasteiger partial charge on any atom is -0.497 e. The highest BCUT2D eigenvalue weighted by Gasteiger charge is 2.19. The lowest BCUT2D eigenvalue weighted by molar-refractivity contribution is 0.0954. The zero-order chi connectivity index (χ0) is 15.6. The molecular weight excluding hydrogens is 266 g/mol. The van der Waals surface area contributed by atoms with E-state index in [1.807, 2.05) is 48.9 Å². The van der Waals surface area contributed by atoms with Crippen molar-refractivity contribution < 1.29 is 14.3 Å². The summed E-state index contributed by atoms with van der Waals surface area (Å²) in [6, 6.07) is 9.59. The van der Waals surface area contributed by atoms with Crippen LogP contribution in [0.2, 0.25) is 0 Å². The summed E-state index contributed by atoms with van der Waals surface area (Å²) in [5.74, 6) is 0.754. The third-order valence-electron chi connectivity index (χ3n) is 3.67. The summed E-state index contributed by atoms with van der Waals surface area (Å²) >= 11 is 0. The van der Waals surface area contributed by atoms with Crippen LogP contribution < -0.4 is 4.74 Å². The van der Waals surface area contributed by atoms with E-state index in [1.165, 1.54) is 7.11 Å². The summed E-state index contributed by atoms with van der Waals surface area (Å²) in [5.41, 5.74) is 3.46. The summed E-state index contributed by atoms with van der Waals surface area (Å²) in [6.45, 7) is 5.53. The number of ketones is 1. The van der Waals surface area contributed by atoms with Gasteiger partial charge in [0.2, 0.25) is 5.78 Å². The Morgan fingerprint density at radius 3 is 2.33 bits per heavy atom. The van der Waals surface area contributed by atoms with Gasteiger partial charge in [-0.25, -0.2) is 0 Å². The number of hydrogen-bond acceptors (Lipinski definition) is 3. The monoisotopic (exact) mass is 285 g/mol. The molecule has 0 spiro atoms. The molecule has 2 rings (SSSR count). The lowest BCUT2D eigenvalue weighted by atomic mass is 10.1. The van der Waals surface area contributed by atoms with Crippen molar-refractivity contribution in [3.63, 3.8) is 0 Å². The number of rotatable bonds is 5. The molecule has 0 bridgehead atoms. The van der Waals surface area contributed by atoms with Gasteiger partial charge in [-0.2, -0.15) is 0 Å². The number of methoxy groups -OCH3 is 2. The van der Waals surface area contributed by atoms with Crippen LogP contribution in [0, 0.1) is 6.92 Å². The molecule has 4 heteroatoms. The Balaban J connectivity index is 2.46. The van der Waals surface area contributed by atoms with Gasteiger partial charge >= 0.3 is 0 Å². The summed E-state index contributed by atoms with van der Waals surface area (Å²) in [7, 11) is 5.01. The van der Waals surface area contributed by atoms with Crippen molar-refractivity contribution in [1.82, 2.24) is 4.57 Å². The number of carbonyl (C=O) groups is 1. The maximum atomic E-state index is 12.2. The molecule has 0 atom stereocenters. The normalized spacial score (nSPS) is 10.3. The third-order valence-corrected chi connectivity index (χ3v) is 3.67. The van der Waals surface area contributed by atoms with E-state index in [1.54, 1.807) is 7.11 Å². The van der Waals surface area contributed by atoms with Crippen molar-refractivity contribution in [2.24, 2.45) is 7.05 Å². The molecule has 0 N–H and O–H groups in total. The molecule has 1 heterocycles. The van der Waals surface area contributed by atoms with E-state index in [0.717, 1.165) is 22.7 Å². The summed E-state index contributed by atoms with van der Waals surface area (Å²) < 4.78 is 12.1. The number of ether oxygens (including phenoxy) is 2. The Bertz CT molecular complexity index is 681. The second-order valence-electron chi connectivity index (χ2n) is 4.77. The van der Waals surface area contributed by atoms with Crippen LogP contribution in [0.1, 0.15) is 16.1 Å². The molecule has 0 fully saturated rings. The van der Waals surface area contributed by atoms with Crippen LogP contribution in [-0.4, -0.2) is 24.6 Å². The molecule has 4 nitrogen and oxygen atoms in total. The number of hydrogen-bond donors (Lipinski definition) is 0. The minimum atomic E-state index is -0.189. The number of Topliss-reactive ketones (excluding diaryl/α,β-unsaturated/α-hetero) is 1. The van der Waals surface area contributed by atoms with E-state index in [4.69, 9.17) is 9.47 Å². The fourth-order valence-corrected chi connectivity index (χ4v) is 2.21. The molecular formula is C17H19NO3. The Morgan fingerprint density at radius 1 is 1.19 bits per heavy atom. The first-order chi connectivity index (χ1) is 9.99. The van der Waals surface area contributed by atoms with Crippen LogP contribution in [0.25, 0.3) is 11.3 Å². The van der Waals surface area contributed by atoms with Gasteiger partial charge in [0.15, 0.2) is 5.76 Å². The molecule has 0 amide bonds. The maximum Gasteiger partial charge on any atom is 0.228 e. The molecule has 0 saturated carbocycles. The fraction of sp³-hybridized carbons (Fsp3) is 0.235. The van der Waals surface area contributed by atoms with Crippen molar-refractivity contribution in [1.29, 1.82) is 0 Å². The Kier molecular flexibility index (Phi) is 4.17. The van der Waals surface area contributed by atoms with Gasteiger partial charge in [-0.1, -0.05) is 6.58 Å². The lowest BCUT2D eigenvalue weighted by Crippen LogP contribution is -2.05. The lowest BCUT2D eigenvalue weighted by Gasteiger charge is -2.06. The highest BCUT2D eigenvalue weighted by atomic mass is 16.5. The summed E-state index contributed by atoms with van der Waals surface area (Å²) in [5, 5.41) is 0. The van der Waals surface area contributed by atoms with Crippen molar-refractivity contribution >= 4 is 5.78 Å². The Morgan fingerprint density at radius 2 is 1.81 bits per heavy atom. The van der Waals surface area contributed by atoms with Gasteiger partial charge in [0.05, 0.1) is 14.2 Å². The molecule has 0 unspecified atom stereocenters. The third kappa shape index (κ3) is 2.70. The van der Waals surface area contributed by atoms with Crippen molar-refractivity contribution in [3.05, 3.63) is 53.9 Å². The van der Waals surface area contributed by atoms with Crippen LogP contribution >= 0.6 is 0 Å².